The first-order chi connectivity index (χ1) is 10.4. The van der Waals surface area contributed by atoms with Crippen molar-refractivity contribution in [2.24, 2.45) is 5.92 Å². The fourth-order valence-corrected chi connectivity index (χ4v) is 2.95. The molecular formula is C17H19NO4. The van der Waals surface area contributed by atoms with Crippen LogP contribution in [0.3, 0.4) is 0 Å². The molecule has 0 saturated heterocycles. The first-order valence-electron chi connectivity index (χ1n) is 7.11. The first-order valence-corrected chi connectivity index (χ1v) is 7.11. The number of benzene rings is 1. The Kier molecular flexibility index (Phi) is 4.65. The summed E-state index contributed by atoms with van der Waals surface area (Å²) >= 11 is 0. The fraction of sp³-hybridized carbons (Fsp3) is 0.294. The molecule has 1 aromatic rings. The van der Waals surface area contributed by atoms with Crippen molar-refractivity contribution in [2.45, 2.75) is 26.7 Å². The minimum Gasteiger partial charge on any atom is -0.478 e. The van der Waals surface area contributed by atoms with Crippen molar-refractivity contribution in [3.63, 3.8) is 0 Å². The Labute approximate surface area is 129 Å². The van der Waals surface area contributed by atoms with E-state index in [1.165, 1.54) is 0 Å². The third kappa shape index (κ3) is 3.19. The van der Waals surface area contributed by atoms with Crippen LogP contribution < -0.4 is 5.32 Å². The summed E-state index contributed by atoms with van der Waals surface area (Å²) in [6, 6.07) is 9.64. The van der Waals surface area contributed by atoms with Gasteiger partial charge in [0.15, 0.2) is 0 Å². The van der Waals surface area contributed by atoms with E-state index in [4.69, 9.17) is 0 Å². The number of hydrogen-bond acceptors (Lipinski definition) is 3. The molecule has 116 valence electrons. The molecule has 1 heterocycles. The van der Waals surface area contributed by atoms with Crippen LogP contribution in [0.25, 0.3) is 0 Å². The van der Waals surface area contributed by atoms with E-state index in [1.807, 2.05) is 30.3 Å². The van der Waals surface area contributed by atoms with Crippen molar-refractivity contribution < 1.29 is 19.8 Å². The van der Waals surface area contributed by atoms with E-state index in [9.17, 15) is 19.8 Å². The number of rotatable bonds is 5. The van der Waals surface area contributed by atoms with Crippen LogP contribution in [-0.4, -0.2) is 22.2 Å². The molecule has 0 unspecified atom stereocenters. The van der Waals surface area contributed by atoms with Gasteiger partial charge in [0, 0.05) is 17.3 Å². The predicted molar refractivity (Wildman–Crippen MR) is 82.1 cm³/mol. The fourth-order valence-electron chi connectivity index (χ4n) is 2.95. The van der Waals surface area contributed by atoms with Crippen LogP contribution in [0.2, 0.25) is 0 Å². The van der Waals surface area contributed by atoms with Crippen LogP contribution in [0.5, 0.6) is 0 Å². The number of hydrogen-bond donors (Lipinski definition) is 3. The second-order valence-corrected chi connectivity index (χ2v) is 5.39. The lowest BCUT2D eigenvalue weighted by atomic mass is 9.81. The molecule has 0 saturated carbocycles. The summed E-state index contributed by atoms with van der Waals surface area (Å²) in [6.07, 6.45) is 1.07. The molecule has 1 aliphatic rings. The number of dihydropyridines is 1. The van der Waals surface area contributed by atoms with Gasteiger partial charge in [0.25, 0.3) is 0 Å². The summed E-state index contributed by atoms with van der Waals surface area (Å²) < 4.78 is 0. The minimum atomic E-state index is -1.07. The maximum absolute atomic E-state index is 11.5. The highest BCUT2D eigenvalue weighted by atomic mass is 16.4. The second-order valence-electron chi connectivity index (χ2n) is 5.39. The van der Waals surface area contributed by atoms with Gasteiger partial charge in [-0.15, -0.1) is 0 Å². The van der Waals surface area contributed by atoms with Crippen LogP contribution >= 0.6 is 0 Å². The molecule has 5 heteroatoms. The summed E-state index contributed by atoms with van der Waals surface area (Å²) in [4.78, 5) is 23.1. The zero-order valence-corrected chi connectivity index (χ0v) is 12.6. The highest BCUT2D eigenvalue weighted by Gasteiger charge is 2.34. The Hall–Kier alpha value is -2.56. The molecule has 5 nitrogen and oxygen atoms in total. The average molecular weight is 301 g/mol. The van der Waals surface area contributed by atoms with Gasteiger partial charge in [-0.05, 0) is 32.3 Å². The Morgan fingerprint density at radius 2 is 1.50 bits per heavy atom. The number of carboxylic acids is 2. The quantitative estimate of drug-likeness (QED) is 0.778. The van der Waals surface area contributed by atoms with Crippen molar-refractivity contribution in [3.8, 4) is 0 Å². The van der Waals surface area contributed by atoms with Crippen LogP contribution in [0, 0.1) is 5.92 Å². The molecule has 0 radical (unpaired) electrons. The third-order valence-corrected chi connectivity index (χ3v) is 3.91. The molecule has 1 aliphatic heterocycles. The van der Waals surface area contributed by atoms with E-state index in [-0.39, 0.29) is 11.1 Å². The largest absolute Gasteiger partial charge is 0.478 e. The van der Waals surface area contributed by atoms with E-state index in [1.54, 1.807) is 13.8 Å². The molecule has 2 rings (SSSR count). The number of allylic oxidation sites excluding steroid dienone is 2. The second kappa shape index (κ2) is 6.47. The normalized spacial score (nSPS) is 15.7. The van der Waals surface area contributed by atoms with Gasteiger partial charge in [0.2, 0.25) is 0 Å². The number of aliphatic carboxylic acids is 2. The lowest BCUT2D eigenvalue weighted by Gasteiger charge is -2.28. The van der Waals surface area contributed by atoms with Gasteiger partial charge < -0.3 is 15.5 Å². The zero-order chi connectivity index (χ0) is 16.3. The van der Waals surface area contributed by atoms with Gasteiger partial charge in [0.05, 0.1) is 11.1 Å². The molecule has 0 atom stereocenters. The van der Waals surface area contributed by atoms with E-state index < -0.39 is 17.9 Å². The molecule has 22 heavy (non-hydrogen) atoms. The van der Waals surface area contributed by atoms with Crippen molar-refractivity contribution in [3.05, 3.63) is 58.4 Å². The van der Waals surface area contributed by atoms with Gasteiger partial charge >= 0.3 is 11.9 Å². The highest BCUT2D eigenvalue weighted by molar-refractivity contribution is 5.96. The summed E-state index contributed by atoms with van der Waals surface area (Å²) in [5, 5.41) is 21.8. The molecule has 0 fully saturated rings. The topological polar surface area (TPSA) is 86.6 Å². The number of carbonyl (C=O) groups is 2. The van der Waals surface area contributed by atoms with Crippen LogP contribution in [0.4, 0.5) is 0 Å². The molecule has 3 N–H and O–H groups in total. The summed E-state index contributed by atoms with van der Waals surface area (Å²) in [6.45, 7) is 3.34. The molecule has 0 aliphatic carbocycles. The smallest absolute Gasteiger partial charge is 0.333 e. The van der Waals surface area contributed by atoms with E-state index >= 15 is 0 Å². The van der Waals surface area contributed by atoms with Crippen molar-refractivity contribution in [2.75, 3.05) is 0 Å². The van der Waals surface area contributed by atoms with Crippen LogP contribution in [0.15, 0.2) is 52.9 Å². The van der Waals surface area contributed by atoms with Crippen molar-refractivity contribution in [1.82, 2.24) is 5.32 Å². The predicted octanol–water partition coefficient (Wildman–Crippen LogP) is 2.56. The van der Waals surface area contributed by atoms with E-state index in [0.29, 0.717) is 24.2 Å². The Morgan fingerprint density at radius 1 is 1.00 bits per heavy atom. The van der Waals surface area contributed by atoms with Gasteiger partial charge in [-0.1, -0.05) is 30.3 Å². The molecule has 1 aromatic carbocycles. The summed E-state index contributed by atoms with van der Waals surface area (Å²) in [5.74, 6) is -2.76. The van der Waals surface area contributed by atoms with Gasteiger partial charge in [0.1, 0.15) is 0 Å². The maximum atomic E-state index is 11.5. The number of aryl methyl sites for hydroxylation is 1. The molecule has 0 spiro atoms. The highest BCUT2D eigenvalue weighted by Crippen LogP contribution is 2.33. The average Bonchev–Trinajstić information content (AvgIpc) is 2.44. The lowest BCUT2D eigenvalue weighted by Crippen LogP contribution is -2.32. The first kappa shape index (κ1) is 15.8. The van der Waals surface area contributed by atoms with E-state index in [2.05, 4.69) is 5.32 Å². The summed E-state index contributed by atoms with van der Waals surface area (Å²) in [5.41, 5.74) is 2.35. The summed E-state index contributed by atoms with van der Waals surface area (Å²) in [7, 11) is 0. The Morgan fingerprint density at radius 3 is 1.95 bits per heavy atom. The Balaban J connectivity index is 2.33. The van der Waals surface area contributed by atoms with Crippen molar-refractivity contribution >= 4 is 11.9 Å². The van der Waals surface area contributed by atoms with Gasteiger partial charge in [-0.3, -0.25) is 0 Å². The lowest BCUT2D eigenvalue weighted by molar-refractivity contribution is -0.134. The van der Waals surface area contributed by atoms with Gasteiger partial charge in [-0.2, -0.15) is 0 Å². The Bertz CT molecular complexity index is 622. The minimum absolute atomic E-state index is 0.138. The molecule has 0 amide bonds. The molecular weight excluding hydrogens is 282 g/mol. The maximum Gasteiger partial charge on any atom is 0.333 e. The SMILES string of the molecule is CC1=C(C(=O)O)C(CCc2ccccc2)C(C(=O)O)=C(C)N1. The standard InChI is InChI=1S/C17H19NO4/c1-10-14(16(19)20)13(15(17(21)22)11(2)18-10)9-8-12-6-4-3-5-7-12/h3-7,13,18H,8-9H2,1-2H3,(H,19,20)(H,21,22). The third-order valence-electron chi connectivity index (χ3n) is 3.91. The molecule has 0 aromatic heterocycles. The van der Waals surface area contributed by atoms with Crippen molar-refractivity contribution in [1.29, 1.82) is 0 Å². The van der Waals surface area contributed by atoms with Crippen LogP contribution in [0.1, 0.15) is 25.8 Å². The molecule has 0 bridgehead atoms. The number of nitrogens with one attached hydrogen (secondary N) is 1. The monoisotopic (exact) mass is 301 g/mol. The number of carboxylic acid groups (broad SMARTS) is 2. The zero-order valence-electron chi connectivity index (χ0n) is 12.6. The van der Waals surface area contributed by atoms with Gasteiger partial charge in [-0.25, -0.2) is 9.59 Å². The van der Waals surface area contributed by atoms with E-state index in [0.717, 1.165) is 5.56 Å². The van der Waals surface area contributed by atoms with Crippen LogP contribution in [-0.2, 0) is 16.0 Å².